The summed E-state index contributed by atoms with van der Waals surface area (Å²) in [6.45, 7) is 12.4. The van der Waals surface area contributed by atoms with Crippen molar-refractivity contribution in [2.45, 2.75) is 53.9 Å². The van der Waals surface area contributed by atoms with E-state index in [1.54, 1.807) is 0 Å². The lowest BCUT2D eigenvalue weighted by atomic mass is 10.4. The van der Waals surface area contributed by atoms with Crippen LogP contribution in [0.1, 0.15) is 53.9 Å². The number of rotatable bonds is 8. The molecule has 0 N–H and O–H groups in total. The fourth-order valence-electron chi connectivity index (χ4n) is 0.631. The van der Waals surface area contributed by atoms with Crippen molar-refractivity contribution in [2.75, 3.05) is 19.8 Å². The molecule has 0 heterocycles. The molecule has 0 spiro atoms. The molecule has 4 heteroatoms. The highest BCUT2D eigenvalue weighted by Gasteiger charge is 2.11. The molecule has 0 saturated carbocycles. The summed E-state index contributed by atoms with van der Waals surface area (Å²) in [6, 6.07) is 0. The first kappa shape index (κ1) is 17.5. The Bertz CT molecular complexity index is 93.8. The van der Waals surface area contributed by atoms with Gasteiger partial charge in [-0.3, -0.25) is 0 Å². The normalized spacial score (nSPS) is 10.0. The second-order valence-corrected chi connectivity index (χ2v) is 4.65. The van der Waals surface area contributed by atoms with E-state index in [0.717, 1.165) is 13.0 Å². The highest BCUT2D eigenvalue weighted by molar-refractivity contribution is 6.36. The van der Waals surface area contributed by atoms with Crippen molar-refractivity contribution in [1.29, 1.82) is 0 Å². The van der Waals surface area contributed by atoms with Crippen molar-refractivity contribution in [2.24, 2.45) is 0 Å². The predicted molar refractivity (Wildman–Crippen MR) is 67.2 cm³/mol. The Morgan fingerprint density at radius 1 is 0.667 bits per heavy atom. The average Bonchev–Trinajstić information content (AvgIpc) is 2.27. The molecule has 0 aliphatic carbocycles. The zero-order chi connectivity index (χ0) is 11.9. The van der Waals surface area contributed by atoms with Gasteiger partial charge in [-0.15, -0.1) is 0 Å². The third-order valence-corrected chi connectivity index (χ3v) is 3.28. The molecule has 15 heavy (non-hydrogen) atoms. The Labute approximate surface area is 97.1 Å². The van der Waals surface area contributed by atoms with E-state index in [1.165, 1.54) is 12.8 Å². The van der Waals surface area contributed by atoms with Gasteiger partial charge in [-0.2, -0.15) is 0 Å². The monoisotopic (exact) mass is 236 g/mol. The maximum absolute atomic E-state index is 5.37. The van der Waals surface area contributed by atoms with Crippen molar-refractivity contribution in [3.63, 3.8) is 0 Å². The molecule has 0 aliphatic rings. The molecular formula is C11H28O3Si. The lowest BCUT2D eigenvalue weighted by Crippen LogP contribution is -2.27. The van der Waals surface area contributed by atoms with Crippen LogP contribution in [0.25, 0.3) is 0 Å². The molecule has 0 bridgehead atoms. The predicted octanol–water partition coefficient (Wildman–Crippen LogP) is 3.01. The molecule has 0 aliphatic heterocycles. The van der Waals surface area contributed by atoms with Crippen LogP contribution in [0.3, 0.4) is 0 Å². The smallest absolute Gasteiger partial charge is 0.376 e. The van der Waals surface area contributed by atoms with E-state index >= 15 is 0 Å². The Kier molecular flexibility index (Phi) is 19.3. The number of unbranched alkanes of at least 4 members (excludes halogenated alkanes) is 1. The fraction of sp³-hybridized carbons (Fsp3) is 1.00. The molecule has 94 valence electrons. The number of hydrogen-bond acceptors (Lipinski definition) is 3. The lowest BCUT2D eigenvalue weighted by molar-refractivity contribution is 0.102. The van der Waals surface area contributed by atoms with Gasteiger partial charge in [0, 0.05) is 19.8 Å². The molecule has 0 aromatic carbocycles. The van der Waals surface area contributed by atoms with Crippen LogP contribution < -0.4 is 0 Å². The van der Waals surface area contributed by atoms with E-state index in [1.807, 2.05) is 13.8 Å². The quantitative estimate of drug-likeness (QED) is 0.606. The number of hydrogen-bond donors (Lipinski definition) is 0. The first-order chi connectivity index (χ1) is 7.26. The SMILES string of the molecule is CCCC.CCCO[SiH](OCC)OCC. The summed E-state index contributed by atoms with van der Waals surface area (Å²) >= 11 is 0. The third-order valence-electron chi connectivity index (χ3n) is 1.56. The van der Waals surface area contributed by atoms with E-state index in [0.29, 0.717) is 13.2 Å². The molecule has 0 aromatic rings. The molecular weight excluding hydrogens is 208 g/mol. The van der Waals surface area contributed by atoms with Crippen LogP contribution in [0.2, 0.25) is 0 Å². The summed E-state index contributed by atoms with van der Waals surface area (Å²) in [5.41, 5.74) is 0. The van der Waals surface area contributed by atoms with Gasteiger partial charge in [0.15, 0.2) is 0 Å². The zero-order valence-electron chi connectivity index (χ0n) is 11.0. The van der Waals surface area contributed by atoms with Gasteiger partial charge in [-0.25, -0.2) is 0 Å². The minimum Gasteiger partial charge on any atom is -0.376 e. The fourth-order valence-corrected chi connectivity index (χ4v) is 1.89. The van der Waals surface area contributed by atoms with E-state index in [-0.39, 0.29) is 0 Å². The summed E-state index contributed by atoms with van der Waals surface area (Å²) in [5.74, 6) is 0. The Hall–Kier alpha value is 0.0969. The average molecular weight is 236 g/mol. The van der Waals surface area contributed by atoms with Crippen molar-refractivity contribution in [3.05, 3.63) is 0 Å². The highest BCUT2D eigenvalue weighted by Crippen LogP contribution is 1.93. The zero-order valence-corrected chi connectivity index (χ0v) is 12.2. The molecule has 0 rings (SSSR count). The lowest BCUT2D eigenvalue weighted by Gasteiger charge is -2.13. The van der Waals surface area contributed by atoms with E-state index < -0.39 is 9.53 Å². The van der Waals surface area contributed by atoms with Crippen LogP contribution in [0.4, 0.5) is 0 Å². The minimum absolute atomic E-state index is 0.681. The molecule has 0 atom stereocenters. The highest BCUT2D eigenvalue weighted by atomic mass is 28.3. The molecule has 0 fully saturated rings. The van der Waals surface area contributed by atoms with E-state index in [9.17, 15) is 0 Å². The van der Waals surface area contributed by atoms with Crippen molar-refractivity contribution >= 4 is 9.53 Å². The molecule has 0 saturated heterocycles. The summed E-state index contributed by atoms with van der Waals surface area (Å²) < 4.78 is 15.9. The van der Waals surface area contributed by atoms with E-state index in [4.69, 9.17) is 13.3 Å². The summed E-state index contributed by atoms with van der Waals surface area (Å²) in [5, 5.41) is 0. The summed E-state index contributed by atoms with van der Waals surface area (Å²) in [4.78, 5) is 0. The first-order valence-electron chi connectivity index (χ1n) is 6.11. The second kappa shape index (κ2) is 16.5. The van der Waals surface area contributed by atoms with Crippen LogP contribution in [-0.4, -0.2) is 29.3 Å². The van der Waals surface area contributed by atoms with Gasteiger partial charge in [-0.05, 0) is 20.3 Å². The van der Waals surface area contributed by atoms with Gasteiger partial charge in [0.25, 0.3) is 0 Å². The van der Waals surface area contributed by atoms with Gasteiger partial charge in [-0.1, -0.05) is 33.6 Å². The summed E-state index contributed by atoms with van der Waals surface area (Å²) in [6.07, 6.45) is 3.66. The van der Waals surface area contributed by atoms with Gasteiger partial charge >= 0.3 is 9.53 Å². The topological polar surface area (TPSA) is 27.7 Å². The largest absolute Gasteiger partial charge is 0.484 e. The van der Waals surface area contributed by atoms with Crippen LogP contribution >= 0.6 is 0 Å². The van der Waals surface area contributed by atoms with Gasteiger partial charge < -0.3 is 13.3 Å². The van der Waals surface area contributed by atoms with Gasteiger partial charge in [0.1, 0.15) is 0 Å². The van der Waals surface area contributed by atoms with Gasteiger partial charge in [0.2, 0.25) is 0 Å². The minimum atomic E-state index is -1.75. The Morgan fingerprint density at radius 2 is 1.13 bits per heavy atom. The maximum atomic E-state index is 5.37. The first-order valence-corrected chi connectivity index (χ1v) is 7.52. The van der Waals surface area contributed by atoms with Crippen LogP contribution in [-0.2, 0) is 13.3 Å². The van der Waals surface area contributed by atoms with Gasteiger partial charge in [0.05, 0.1) is 0 Å². The molecule has 3 nitrogen and oxygen atoms in total. The van der Waals surface area contributed by atoms with Crippen molar-refractivity contribution < 1.29 is 13.3 Å². The van der Waals surface area contributed by atoms with Crippen LogP contribution in [0.15, 0.2) is 0 Å². The van der Waals surface area contributed by atoms with Crippen LogP contribution in [0.5, 0.6) is 0 Å². The standard InChI is InChI=1S/C7H18O3Si.C4H10/c1-4-7-10-11(8-5-2)9-6-3;1-3-4-2/h11H,4-7H2,1-3H3;3-4H2,1-2H3. The molecule has 0 radical (unpaired) electrons. The van der Waals surface area contributed by atoms with Crippen LogP contribution in [0, 0.1) is 0 Å². The second-order valence-electron chi connectivity index (χ2n) is 3.07. The van der Waals surface area contributed by atoms with Crippen molar-refractivity contribution in [3.8, 4) is 0 Å². The molecule has 0 unspecified atom stereocenters. The van der Waals surface area contributed by atoms with E-state index in [2.05, 4.69) is 20.8 Å². The molecule has 0 aromatic heterocycles. The Balaban J connectivity index is 0. The summed E-state index contributed by atoms with van der Waals surface area (Å²) in [7, 11) is -1.75. The molecule has 0 amide bonds. The third kappa shape index (κ3) is 16.8. The maximum Gasteiger partial charge on any atom is 0.484 e. The Morgan fingerprint density at radius 3 is 1.40 bits per heavy atom. The van der Waals surface area contributed by atoms with Crippen molar-refractivity contribution in [1.82, 2.24) is 0 Å².